The quantitative estimate of drug-likeness (QED) is 0.867. The number of amides is 1. The van der Waals surface area contributed by atoms with Crippen molar-refractivity contribution < 1.29 is 14.3 Å². The van der Waals surface area contributed by atoms with Crippen molar-refractivity contribution >= 4 is 24.4 Å². The second kappa shape index (κ2) is 7.90. The van der Waals surface area contributed by atoms with Gasteiger partial charge in [0, 0.05) is 18.2 Å². The number of hydrogen-bond acceptors (Lipinski definition) is 4. The van der Waals surface area contributed by atoms with E-state index in [2.05, 4.69) is 10.6 Å². The van der Waals surface area contributed by atoms with Gasteiger partial charge in [-0.15, -0.1) is 12.4 Å². The van der Waals surface area contributed by atoms with Crippen LogP contribution in [-0.2, 0) is 4.79 Å². The molecule has 1 unspecified atom stereocenters. The SMILES string of the molecule is CNC(C)CNC(=O)C1=Cc2cccc(OC)c2OC1.Cl. The molecule has 0 saturated heterocycles. The van der Waals surface area contributed by atoms with Crippen LogP contribution in [0.2, 0.25) is 0 Å². The number of methoxy groups -OCH3 is 1. The molecule has 0 bridgehead atoms. The number of benzene rings is 1. The summed E-state index contributed by atoms with van der Waals surface area (Å²) in [6, 6.07) is 5.85. The van der Waals surface area contributed by atoms with Crippen molar-refractivity contribution in [1.82, 2.24) is 10.6 Å². The van der Waals surface area contributed by atoms with Gasteiger partial charge in [0.25, 0.3) is 5.91 Å². The predicted octanol–water partition coefficient (Wildman–Crippen LogP) is 1.62. The predicted molar refractivity (Wildman–Crippen MR) is 85.2 cm³/mol. The van der Waals surface area contributed by atoms with Crippen LogP contribution in [0.25, 0.3) is 6.08 Å². The molecule has 1 aliphatic heterocycles. The van der Waals surface area contributed by atoms with Crippen molar-refractivity contribution in [3.05, 3.63) is 29.3 Å². The number of hydrogen-bond donors (Lipinski definition) is 2. The summed E-state index contributed by atoms with van der Waals surface area (Å²) in [7, 11) is 3.46. The third-order valence-corrected chi connectivity index (χ3v) is 3.28. The average molecular weight is 313 g/mol. The third-order valence-electron chi connectivity index (χ3n) is 3.28. The molecule has 0 spiro atoms. The first kappa shape index (κ1) is 17.3. The molecule has 0 radical (unpaired) electrons. The maximum atomic E-state index is 12.1. The molecular weight excluding hydrogens is 292 g/mol. The van der Waals surface area contributed by atoms with E-state index in [1.165, 1.54) is 0 Å². The molecule has 1 aromatic rings. The molecule has 6 heteroatoms. The number of carbonyl (C=O) groups excluding carboxylic acids is 1. The minimum Gasteiger partial charge on any atom is -0.493 e. The second-order valence-corrected chi connectivity index (χ2v) is 4.74. The highest BCUT2D eigenvalue weighted by molar-refractivity contribution is 5.99. The van der Waals surface area contributed by atoms with Gasteiger partial charge in [-0.25, -0.2) is 0 Å². The van der Waals surface area contributed by atoms with E-state index in [0.717, 1.165) is 5.56 Å². The second-order valence-electron chi connectivity index (χ2n) is 4.74. The molecule has 1 amide bonds. The van der Waals surface area contributed by atoms with E-state index in [1.54, 1.807) is 7.11 Å². The summed E-state index contributed by atoms with van der Waals surface area (Å²) in [5.41, 5.74) is 1.48. The summed E-state index contributed by atoms with van der Waals surface area (Å²) in [6.07, 6.45) is 1.85. The Bertz CT molecular complexity index is 532. The smallest absolute Gasteiger partial charge is 0.250 e. The minimum atomic E-state index is -0.0967. The largest absolute Gasteiger partial charge is 0.493 e. The van der Waals surface area contributed by atoms with E-state index < -0.39 is 0 Å². The number of likely N-dealkylation sites (N-methyl/N-ethyl adjacent to an activating group) is 1. The van der Waals surface area contributed by atoms with Crippen molar-refractivity contribution in [2.45, 2.75) is 13.0 Å². The molecule has 0 fully saturated rings. The summed E-state index contributed by atoms with van der Waals surface area (Å²) >= 11 is 0. The van der Waals surface area contributed by atoms with Crippen molar-refractivity contribution in [1.29, 1.82) is 0 Å². The first-order chi connectivity index (χ1) is 9.65. The molecular formula is C15H21ClN2O3. The summed E-state index contributed by atoms with van der Waals surface area (Å²) in [5.74, 6) is 1.28. The summed E-state index contributed by atoms with van der Waals surface area (Å²) in [4.78, 5) is 12.1. The Hall–Kier alpha value is -1.72. The van der Waals surface area contributed by atoms with Crippen LogP contribution in [-0.4, -0.2) is 39.3 Å². The van der Waals surface area contributed by atoms with Crippen LogP contribution in [0.1, 0.15) is 12.5 Å². The summed E-state index contributed by atoms with van der Waals surface area (Å²) < 4.78 is 10.9. The van der Waals surface area contributed by atoms with Crippen LogP contribution in [0, 0.1) is 0 Å². The topological polar surface area (TPSA) is 59.6 Å². The van der Waals surface area contributed by atoms with Gasteiger partial charge in [-0.3, -0.25) is 4.79 Å². The van der Waals surface area contributed by atoms with Gasteiger partial charge >= 0.3 is 0 Å². The lowest BCUT2D eigenvalue weighted by molar-refractivity contribution is -0.117. The zero-order valence-electron chi connectivity index (χ0n) is 12.4. The Kier molecular flexibility index (Phi) is 6.52. The normalized spacial score (nSPS) is 14.0. The number of ether oxygens (including phenoxy) is 2. The number of fused-ring (bicyclic) bond motifs is 1. The van der Waals surface area contributed by atoms with Crippen molar-refractivity contribution in [2.75, 3.05) is 27.3 Å². The number of para-hydroxylation sites is 1. The molecule has 1 aromatic carbocycles. The molecule has 0 aromatic heterocycles. The van der Waals surface area contributed by atoms with Crippen LogP contribution in [0.4, 0.5) is 0 Å². The van der Waals surface area contributed by atoms with Crippen molar-refractivity contribution in [3.8, 4) is 11.5 Å². The molecule has 0 saturated carbocycles. The lowest BCUT2D eigenvalue weighted by Crippen LogP contribution is -2.38. The maximum Gasteiger partial charge on any atom is 0.250 e. The minimum absolute atomic E-state index is 0. The molecule has 1 atom stereocenters. The van der Waals surface area contributed by atoms with E-state index in [0.29, 0.717) is 23.6 Å². The Labute approximate surface area is 131 Å². The van der Waals surface area contributed by atoms with Gasteiger partial charge < -0.3 is 20.1 Å². The zero-order chi connectivity index (χ0) is 14.5. The summed E-state index contributed by atoms with van der Waals surface area (Å²) in [5, 5.41) is 5.95. The molecule has 5 nitrogen and oxygen atoms in total. The van der Waals surface area contributed by atoms with Crippen LogP contribution in [0.15, 0.2) is 23.8 Å². The number of carbonyl (C=O) groups is 1. The summed E-state index contributed by atoms with van der Waals surface area (Å²) in [6.45, 7) is 2.84. The van der Waals surface area contributed by atoms with Gasteiger partial charge in [0.05, 0.1) is 12.7 Å². The molecule has 1 aliphatic rings. The highest BCUT2D eigenvalue weighted by Gasteiger charge is 2.19. The van der Waals surface area contributed by atoms with Crippen molar-refractivity contribution in [2.24, 2.45) is 0 Å². The molecule has 0 aliphatic carbocycles. The molecule has 2 N–H and O–H groups in total. The fourth-order valence-electron chi connectivity index (χ4n) is 1.93. The van der Waals surface area contributed by atoms with E-state index >= 15 is 0 Å². The highest BCUT2D eigenvalue weighted by Crippen LogP contribution is 2.35. The average Bonchev–Trinajstić information content (AvgIpc) is 2.50. The Morgan fingerprint density at radius 3 is 2.90 bits per heavy atom. The lowest BCUT2D eigenvalue weighted by Gasteiger charge is -2.20. The molecule has 1 heterocycles. The van der Waals surface area contributed by atoms with Gasteiger partial charge in [-0.2, -0.15) is 0 Å². The monoisotopic (exact) mass is 312 g/mol. The van der Waals surface area contributed by atoms with Gasteiger partial charge in [0.1, 0.15) is 6.61 Å². The van der Waals surface area contributed by atoms with Crippen LogP contribution in [0.5, 0.6) is 11.5 Å². The fourth-order valence-corrected chi connectivity index (χ4v) is 1.93. The highest BCUT2D eigenvalue weighted by atomic mass is 35.5. The Morgan fingerprint density at radius 2 is 2.24 bits per heavy atom. The van der Waals surface area contributed by atoms with E-state index in [1.807, 2.05) is 38.2 Å². The fraction of sp³-hybridized carbons (Fsp3) is 0.400. The van der Waals surface area contributed by atoms with E-state index in [4.69, 9.17) is 9.47 Å². The first-order valence-corrected chi connectivity index (χ1v) is 6.61. The van der Waals surface area contributed by atoms with Crippen LogP contribution in [0.3, 0.4) is 0 Å². The molecule has 21 heavy (non-hydrogen) atoms. The number of nitrogens with one attached hydrogen (secondary N) is 2. The van der Waals surface area contributed by atoms with Gasteiger partial charge in [-0.05, 0) is 26.1 Å². The third kappa shape index (κ3) is 4.12. The van der Waals surface area contributed by atoms with Crippen LogP contribution < -0.4 is 20.1 Å². The lowest BCUT2D eigenvalue weighted by atomic mass is 10.1. The zero-order valence-corrected chi connectivity index (χ0v) is 13.3. The van der Waals surface area contributed by atoms with Gasteiger partial charge in [0.2, 0.25) is 0 Å². The molecule has 116 valence electrons. The first-order valence-electron chi connectivity index (χ1n) is 6.61. The Balaban J connectivity index is 0.00000220. The molecule has 2 rings (SSSR count). The van der Waals surface area contributed by atoms with Crippen LogP contribution >= 0.6 is 12.4 Å². The van der Waals surface area contributed by atoms with Gasteiger partial charge in [-0.1, -0.05) is 12.1 Å². The Morgan fingerprint density at radius 1 is 1.48 bits per heavy atom. The van der Waals surface area contributed by atoms with Gasteiger partial charge in [0.15, 0.2) is 11.5 Å². The van der Waals surface area contributed by atoms with E-state index in [-0.39, 0.29) is 31.0 Å². The number of rotatable bonds is 5. The maximum absolute atomic E-state index is 12.1. The standard InChI is InChI=1S/C15H20N2O3.ClH/c1-10(16-2)8-17-15(18)12-7-11-5-4-6-13(19-3)14(11)20-9-12;/h4-7,10,16H,8-9H2,1-3H3,(H,17,18);1H. The number of halogens is 1. The van der Waals surface area contributed by atoms with E-state index in [9.17, 15) is 4.79 Å². The van der Waals surface area contributed by atoms with Crippen molar-refractivity contribution in [3.63, 3.8) is 0 Å².